The molecule has 1 heterocycles. The second kappa shape index (κ2) is 7.79. The molecule has 0 fully saturated rings. The highest BCUT2D eigenvalue weighted by Gasteiger charge is 2.17. The average molecular weight is 345 g/mol. The molecule has 0 saturated carbocycles. The zero-order chi connectivity index (χ0) is 16.9. The van der Waals surface area contributed by atoms with Crippen LogP contribution in [0.25, 0.3) is 0 Å². The molecule has 0 amide bonds. The van der Waals surface area contributed by atoms with Crippen molar-refractivity contribution in [3.63, 3.8) is 0 Å². The third-order valence-corrected chi connectivity index (χ3v) is 4.75. The van der Waals surface area contributed by atoms with Crippen molar-refractivity contribution in [2.45, 2.75) is 19.5 Å². The zero-order valence-electron chi connectivity index (χ0n) is 13.5. The summed E-state index contributed by atoms with van der Waals surface area (Å²) in [7, 11) is 0. The monoisotopic (exact) mass is 344 g/mol. The van der Waals surface area contributed by atoms with Gasteiger partial charge in [0.15, 0.2) is 0 Å². The summed E-state index contributed by atoms with van der Waals surface area (Å²) in [5.74, 6) is -0.887. The quantitative estimate of drug-likeness (QED) is 0.790. The predicted octanol–water partition coefficient (Wildman–Crippen LogP) is 3.19. The first kappa shape index (κ1) is 17.0. The number of nitrogens with one attached hydrogen (secondary N) is 1. The summed E-state index contributed by atoms with van der Waals surface area (Å²) in [5.41, 5.74) is 3.93. The molecule has 3 rings (SSSR count). The molecule has 2 aromatic rings. The Morgan fingerprint density at radius 2 is 2.08 bits per heavy atom. The second-order valence-corrected chi connectivity index (χ2v) is 6.49. The van der Waals surface area contributed by atoms with E-state index in [0.29, 0.717) is 12.1 Å². The van der Waals surface area contributed by atoms with Crippen molar-refractivity contribution >= 4 is 17.6 Å². The molecule has 0 radical (unpaired) electrons. The van der Waals surface area contributed by atoms with E-state index in [1.807, 2.05) is 18.2 Å². The van der Waals surface area contributed by atoms with Gasteiger partial charge < -0.3 is 10.4 Å². The van der Waals surface area contributed by atoms with Gasteiger partial charge in [-0.15, -0.1) is 0 Å². The van der Waals surface area contributed by atoms with Crippen molar-refractivity contribution < 1.29 is 9.90 Å². The lowest BCUT2D eigenvalue weighted by molar-refractivity contribution is 0.0696. The number of aromatic carboxylic acids is 1. The number of hydrogen-bond donors (Lipinski definition) is 2. The first-order chi connectivity index (χ1) is 11.6. The van der Waals surface area contributed by atoms with Gasteiger partial charge in [0.25, 0.3) is 0 Å². The molecule has 0 aliphatic carbocycles. The van der Waals surface area contributed by atoms with Gasteiger partial charge in [-0.25, -0.2) is 4.79 Å². The minimum absolute atomic E-state index is 0.332. The molecule has 1 aliphatic rings. The topological polar surface area (TPSA) is 52.6 Å². The van der Waals surface area contributed by atoms with Crippen molar-refractivity contribution in [2.24, 2.45) is 0 Å². The van der Waals surface area contributed by atoms with Gasteiger partial charge in [0, 0.05) is 37.7 Å². The summed E-state index contributed by atoms with van der Waals surface area (Å²) in [6.45, 7) is 4.47. The van der Waals surface area contributed by atoms with Crippen LogP contribution in [0.2, 0.25) is 5.02 Å². The smallest absolute Gasteiger partial charge is 0.335 e. The number of carboxylic acid groups (broad SMARTS) is 1. The van der Waals surface area contributed by atoms with E-state index in [-0.39, 0.29) is 0 Å². The minimum atomic E-state index is -0.887. The maximum atomic E-state index is 11.0. The van der Waals surface area contributed by atoms with Crippen LogP contribution in [0.4, 0.5) is 0 Å². The van der Waals surface area contributed by atoms with Crippen LogP contribution in [0.3, 0.4) is 0 Å². The number of nitrogens with zero attached hydrogens (tertiary/aromatic N) is 1. The molecule has 0 unspecified atom stereocenters. The van der Waals surface area contributed by atoms with Crippen LogP contribution < -0.4 is 5.32 Å². The lowest BCUT2D eigenvalue weighted by Gasteiger charge is -2.29. The highest BCUT2D eigenvalue weighted by Crippen LogP contribution is 2.25. The number of fused-ring (bicyclic) bond motifs is 1. The van der Waals surface area contributed by atoms with E-state index < -0.39 is 5.97 Å². The molecule has 0 atom stereocenters. The van der Waals surface area contributed by atoms with Gasteiger partial charge in [-0.3, -0.25) is 4.90 Å². The SMILES string of the molecule is O=C(O)c1cccc(CNCCN2CCc3c(Cl)cccc3C2)c1. The maximum Gasteiger partial charge on any atom is 0.335 e. The normalized spacial score (nSPS) is 14.4. The van der Waals surface area contributed by atoms with Crippen LogP contribution in [0.1, 0.15) is 27.0 Å². The Kier molecular flexibility index (Phi) is 5.51. The molecule has 0 spiro atoms. The van der Waals surface area contributed by atoms with Crippen LogP contribution in [0.15, 0.2) is 42.5 Å². The zero-order valence-corrected chi connectivity index (χ0v) is 14.2. The van der Waals surface area contributed by atoms with E-state index >= 15 is 0 Å². The lowest BCUT2D eigenvalue weighted by Crippen LogP contribution is -2.36. The molecule has 126 valence electrons. The molecule has 0 bridgehead atoms. The standard InChI is InChI=1S/C19H21ClN2O2/c20-18-6-2-5-16-13-22(9-7-17(16)18)10-8-21-12-14-3-1-4-15(11-14)19(23)24/h1-6,11,21H,7-10,12-13H2,(H,23,24). The molecule has 4 nitrogen and oxygen atoms in total. The van der Waals surface area contributed by atoms with E-state index in [9.17, 15) is 4.79 Å². The molecule has 1 aliphatic heterocycles. The van der Waals surface area contributed by atoms with Crippen molar-refractivity contribution in [1.29, 1.82) is 0 Å². The molecular weight excluding hydrogens is 324 g/mol. The third kappa shape index (κ3) is 4.15. The summed E-state index contributed by atoms with van der Waals surface area (Å²) in [5, 5.41) is 13.3. The Bertz CT molecular complexity index is 733. The summed E-state index contributed by atoms with van der Waals surface area (Å²) in [4.78, 5) is 13.4. The van der Waals surface area contributed by atoms with Crippen LogP contribution in [-0.4, -0.2) is 35.6 Å². The van der Waals surface area contributed by atoms with E-state index in [1.165, 1.54) is 11.1 Å². The van der Waals surface area contributed by atoms with E-state index in [2.05, 4.69) is 16.3 Å². The van der Waals surface area contributed by atoms with Gasteiger partial charge in [0.2, 0.25) is 0 Å². The number of benzene rings is 2. The fourth-order valence-electron chi connectivity index (χ4n) is 3.10. The lowest BCUT2D eigenvalue weighted by atomic mass is 10.00. The van der Waals surface area contributed by atoms with Crippen LogP contribution in [-0.2, 0) is 19.5 Å². The predicted molar refractivity (Wildman–Crippen MR) is 95.5 cm³/mol. The summed E-state index contributed by atoms with van der Waals surface area (Å²) in [6, 6.07) is 13.2. The largest absolute Gasteiger partial charge is 0.478 e. The molecular formula is C19H21ClN2O2. The number of rotatable bonds is 6. The number of halogens is 1. The Morgan fingerprint density at radius 3 is 2.92 bits per heavy atom. The average Bonchev–Trinajstić information content (AvgIpc) is 2.59. The summed E-state index contributed by atoms with van der Waals surface area (Å²) in [6.07, 6.45) is 0.996. The Balaban J connectivity index is 1.46. The van der Waals surface area contributed by atoms with Gasteiger partial charge in [-0.05, 0) is 41.3 Å². The fraction of sp³-hybridized carbons (Fsp3) is 0.316. The Labute approximate surface area is 147 Å². The number of carbonyl (C=O) groups is 1. The first-order valence-electron chi connectivity index (χ1n) is 8.15. The highest BCUT2D eigenvalue weighted by atomic mass is 35.5. The summed E-state index contributed by atoms with van der Waals surface area (Å²) >= 11 is 6.25. The van der Waals surface area contributed by atoms with Crippen LogP contribution in [0, 0.1) is 0 Å². The second-order valence-electron chi connectivity index (χ2n) is 6.09. The number of carboxylic acids is 1. The molecule has 2 aromatic carbocycles. The van der Waals surface area contributed by atoms with Crippen molar-refractivity contribution in [2.75, 3.05) is 19.6 Å². The Morgan fingerprint density at radius 1 is 1.25 bits per heavy atom. The fourth-order valence-corrected chi connectivity index (χ4v) is 3.38. The highest BCUT2D eigenvalue weighted by molar-refractivity contribution is 6.31. The number of hydrogen-bond acceptors (Lipinski definition) is 3. The van der Waals surface area contributed by atoms with Gasteiger partial charge in [-0.1, -0.05) is 35.9 Å². The van der Waals surface area contributed by atoms with E-state index in [0.717, 1.165) is 43.2 Å². The summed E-state index contributed by atoms with van der Waals surface area (Å²) < 4.78 is 0. The van der Waals surface area contributed by atoms with Crippen molar-refractivity contribution in [3.8, 4) is 0 Å². The molecule has 0 saturated heterocycles. The van der Waals surface area contributed by atoms with Gasteiger partial charge in [0.1, 0.15) is 0 Å². The van der Waals surface area contributed by atoms with Gasteiger partial charge in [-0.2, -0.15) is 0 Å². The van der Waals surface area contributed by atoms with E-state index in [1.54, 1.807) is 18.2 Å². The maximum absolute atomic E-state index is 11.0. The first-order valence-corrected chi connectivity index (χ1v) is 8.53. The minimum Gasteiger partial charge on any atom is -0.478 e. The molecule has 0 aromatic heterocycles. The van der Waals surface area contributed by atoms with Crippen molar-refractivity contribution in [3.05, 3.63) is 69.7 Å². The van der Waals surface area contributed by atoms with Gasteiger partial charge >= 0.3 is 5.97 Å². The van der Waals surface area contributed by atoms with Crippen molar-refractivity contribution in [1.82, 2.24) is 10.2 Å². The van der Waals surface area contributed by atoms with Crippen LogP contribution >= 0.6 is 11.6 Å². The molecule has 2 N–H and O–H groups in total. The third-order valence-electron chi connectivity index (χ3n) is 4.40. The molecule has 24 heavy (non-hydrogen) atoms. The van der Waals surface area contributed by atoms with E-state index in [4.69, 9.17) is 16.7 Å². The van der Waals surface area contributed by atoms with Gasteiger partial charge in [0.05, 0.1) is 5.56 Å². The van der Waals surface area contributed by atoms with Crippen LogP contribution in [0.5, 0.6) is 0 Å². The Hall–Kier alpha value is -1.88. The molecule has 5 heteroatoms.